The number of halogens is 1. The molecule has 0 unspecified atom stereocenters. The Kier molecular flexibility index (Phi) is 3.74. The van der Waals surface area contributed by atoms with E-state index < -0.39 is 0 Å². The van der Waals surface area contributed by atoms with Crippen LogP contribution in [0.15, 0.2) is 59.0 Å². The summed E-state index contributed by atoms with van der Waals surface area (Å²) in [5.41, 5.74) is 7.40. The van der Waals surface area contributed by atoms with Crippen molar-refractivity contribution in [1.82, 2.24) is 0 Å². The number of benzene rings is 3. The van der Waals surface area contributed by atoms with E-state index >= 15 is 0 Å². The Labute approximate surface area is 171 Å². The van der Waals surface area contributed by atoms with Crippen molar-refractivity contribution in [2.75, 3.05) is 0 Å². The molecule has 1 nitrogen and oxygen atoms in total. The Morgan fingerprint density at radius 3 is 2.32 bits per heavy atom. The lowest BCUT2D eigenvalue weighted by Gasteiger charge is -2.42. The van der Waals surface area contributed by atoms with Crippen molar-refractivity contribution in [1.29, 1.82) is 0 Å². The van der Waals surface area contributed by atoms with Gasteiger partial charge in [-0.25, -0.2) is 0 Å². The van der Waals surface area contributed by atoms with E-state index in [2.05, 4.69) is 58.0 Å². The third-order valence-corrected chi connectivity index (χ3v) is 6.95. The van der Waals surface area contributed by atoms with Crippen molar-refractivity contribution in [2.45, 2.75) is 51.4 Å². The van der Waals surface area contributed by atoms with Gasteiger partial charge in [-0.3, -0.25) is 0 Å². The highest BCUT2D eigenvalue weighted by Gasteiger charge is 2.37. The van der Waals surface area contributed by atoms with Crippen molar-refractivity contribution in [3.63, 3.8) is 0 Å². The van der Waals surface area contributed by atoms with Gasteiger partial charge in [0, 0.05) is 16.3 Å². The number of hydrogen-bond acceptors (Lipinski definition) is 1. The van der Waals surface area contributed by atoms with Gasteiger partial charge in [0.25, 0.3) is 0 Å². The van der Waals surface area contributed by atoms with Gasteiger partial charge in [-0.2, -0.15) is 0 Å². The summed E-state index contributed by atoms with van der Waals surface area (Å²) in [6, 6.07) is 19.2. The smallest absolute Gasteiger partial charge is 0.144 e. The Hall–Kier alpha value is -2.25. The summed E-state index contributed by atoms with van der Waals surface area (Å²) in [5.74, 6) is 0. The third kappa shape index (κ3) is 2.53. The minimum atomic E-state index is 0.181. The fourth-order valence-electron chi connectivity index (χ4n) is 4.77. The van der Waals surface area contributed by atoms with E-state index in [0.717, 1.165) is 32.5 Å². The van der Waals surface area contributed by atoms with E-state index in [4.69, 9.17) is 16.0 Å². The third-order valence-electron chi connectivity index (χ3n) is 6.64. The molecule has 1 aliphatic carbocycles. The van der Waals surface area contributed by atoms with Gasteiger partial charge in [-0.1, -0.05) is 75.7 Å². The van der Waals surface area contributed by atoms with Gasteiger partial charge < -0.3 is 4.42 Å². The lowest BCUT2D eigenvalue weighted by molar-refractivity contribution is 0.332. The number of rotatable bonds is 1. The maximum Gasteiger partial charge on any atom is 0.144 e. The molecule has 0 amide bonds. The first-order valence-corrected chi connectivity index (χ1v) is 10.4. The van der Waals surface area contributed by atoms with E-state index in [1.165, 1.54) is 29.5 Å². The number of furan rings is 1. The van der Waals surface area contributed by atoms with E-state index in [1.807, 2.05) is 24.3 Å². The summed E-state index contributed by atoms with van der Waals surface area (Å²) in [5, 5.41) is 2.82. The van der Waals surface area contributed by atoms with Crippen LogP contribution in [0, 0.1) is 0 Å². The summed E-state index contributed by atoms with van der Waals surface area (Å²) in [7, 11) is 0. The van der Waals surface area contributed by atoms with Gasteiger partial charge in [0.15, 0.2) is 0 Å². The second-order valence-electron chi connectivity index (χ2n) is 9.43. The molecule has 0 fully saturated rings. The molecule has 0 radical (unpaired) electrons. The molecule has 0 saturated carbocycles. The molecule has 142 valence electrons. The van der Waals surface area contributed by atoms with Gasteiger partial charge in [0.2, 0.25) is 0 Å². The molecule has 2 heteroatoms. The van der Waals surface area contributed by atoms with E-state index in [0.29, 0.717) is 0 Å². The van der Waals surface area contributed by atoms with Gasteiger partial charge in [-0.05, 0) is 58.6 Å². The average Bonchev–Trinajstić information content (AvgIpc) is 3.06. The lowest BCUT2D eigenvalue weighted by Crippen LogP contribution is -2.33. The summed E-state index contributed by atoms with van der Waals surface area (Å²) in [6.07, 6.45) is 2.43. The number of para-hydroxylation sites is 1. The summed E-state index contributed by atoms with van der Waals surface area (Å²) >= 11 is 6.57. The Bertz CT molecular complexity index is 1230. The molecule has 3 aromatic carbocycles. The van der Waals surface area contributed by atoms with Crippen LogP contribution in [-0.2, 0) is 10.8 Å². The molecule has 0 N–H and O–H groups in total. The summed E-state index contributed by atoms with van der Waals surface area (Å²) in [6.45, 7) is 9.45. The Balaban J connectivity index is 1.79. The molecule has 5 rings (SSSR count). The summed E-state index contributed by atoms with van der Waals surface area (Å²) in [4.78, 5) is 0. The zero-order valence-corrected chi connectivity index (χ0v) is 17.7. The highest BCUT2D eigenvalue weighted by atomic mass is 35.5. The molecule has 1 aliphatic rings. The molecule has 4 aromatic rings. The fraction of sp³-hybridized carbons (Fsp3) is 0.308. The zero-order valence-electron chi connectivity index (χ0n) is 16.9. The quantitative estimate of drug-likeness (QED) is 0.320. The highest BCUT2D eigenvalue weighted by Crippen LogP contribution is 2.48. The van der Waals surface area contributed by atoms with Crippen LogP contribution in [0.5, 0.6) is 0 Å². The minimum Gasteiger partial charge on any atom is -0.455 e. The maximum absolute atomic E-state index is 6.57. The van der Waals surface area contributed by atoms with Crippen LogP contribution >= 0.6 is 11.6 Å². The van der Waals surface area contributed by atoms with Crippen LogP contribution in [0.25, 0.3) is 33.1 Å². The van der Waals surface area contributed by atoms with Gasteiger partial charge in [-0.15, -0.1) is 0 Å². The average molecular weight is 389 g/mol. The predicted octanol–water partition coefficient (Wildman–Crippen LogP) is 8.26. The second-order valence-corrected chi connectivity index (χ2v) is 9.83. The monoisotopic (exact) mass is 388 g/mol. The van der Waals surface area contributed by atoms with Crippen LogP contribution in [0.2, 0.25) is 5.02 Å². The van der Waals surface area contributed by atoms with Crippen LogP contribution in [0.3, 0.4) is 0 Å². The molecule has 0 aliphatic heterocycles. The zero-order chi connectivity index (χ0) is 19.7. The largest absolute Gasteiger partial charge is 0.455 e. The van der Waals surface area contributed by atoms with Crippen LogP contribution in [-0.4, -0.2) is 0 Å². The van der Waals surface area contributed by atoms with Crippen molar-refractivity contribution >= 4 is 33.5 Å². The van der Waals surface area contributed by atoms with Gasteiger partial charge in [0.05, 0.1) is 5.02 Å². The van der Waals surface area contributed by atoms with Crippen LogP contribution < -0.4 is 0 Å². The number of fused-ring (bicyclic) bond motifs is 4. The van der Waals surface area contributed by atoms with Crippen molar-refractivity contribution in [3.8, 4) is 11.1 Å². The maximum atomic E-state index is 6.57. The van der Waals surface area contributed by atoms with Crippen LogP contribution in [0.1, 0.15) is 51.7 Å². The first-order valence-electron chi connectivity index (χ1n) is 10.0. The normalized spacial score (nSPS) is 17.8. The molecular formula is C26H25ClO. The SMILES string of the molecule is CC1(C)CCC(C)(C)c2cc(-c3ccc(Cl)c4c3oc3ccccc34)ccc21. The van der Waals surface area contributed by atoms with Crippen molar-refractivity contribution in [2.24, 2.45) is 0 Å². The predicted molar refractivity (Wildman–Crippen MR) is 119 cm³/mol. The fourth-order valence-corrected chi connectivity index (χ4v) is 5.02. The topological polar surface area (TPSA) is 13.1 Å². The minimum absolute atomic E-state index is 0.181. The summed E-state index contributed by atoms with van der Waals surface area (Å²) < 4.78 is 6.27. The molecule has 0 saturated heterocycles. The molecule has 1 heterocycles. The van der Waals surface area contributed by atoms with E-state index in [-0.39, 0.29) is 10.8 Å². The molecule has 0 atom stereocenters. The van der Waals surface area contributed by atoms with Gasteiger partial charge in [0.1, 0.15) is 11.2 Å². The standard InChI is InChI=1S/C26H25ClO/c1-25(2)13-14-26(3,4)20-15-16(9-11-19(20)25)17-10-12-21(27)23-18-7-5-6-8-22(18)28-24(17)23/h5-12,15H,13-14H2,1-4H3. The van der Waals surface area contributed by atoms with E-state index in [9.17, 15) is 0 Å². The second kappa shape index (κ2) is 5.87. The molecule has 0 bridgehead atoms. The molecule has 1 aromatic heterocycles. The first-order chi connectivity index (χ1) is 13.3. The van der Waals surface area contributed by atoms with Crippen molar-refractivity contribution in [3.05, 3.63) is 70.7 Å². The van der Waals surface area contributed by atoms with Crippen molar-refractivity contribution < 1.29 is 4.42 Å². The Morgan fingerprint density at radius 2 is 1.54 bits per heavy atom. The molecule has 28 heavy (non-hydrogen) atoms. The first kappa shape index (κ1) is 17.8. The Morgan fingerprint density at radius 1 is 0.821 bits per heavy atom. The van der Waals surface area contributed by atoms with E-state index in [1.54, 1.807) is 0 Å². The van der Waals surface area contributed by atoms with Crippen LogP contribution in [0.4, 0.5) is 0 Å². The number of hydrogen-bond donors (Lipinski definition) is 0. The van der Waals surface area contributed by atoms with Gasteiger partial charge >= 0.3 is 0 Å². The highest BCUT2D eigenvalue weighted by molar-refractivity contribution is 6.38. The molecular weight excluding hydrogens is 364 g/mol. The lowest BCUT2D eigenvalue weighted by atomic mass is 9.63. The molecule has 0 spiro atoms.